The largest absolute Gasteiger partial charge is 0.490 e. The van der Waals surface area contributed by atoms with Crippen molar-refractivity contribution < 1.29 is 42.6 Å². The van der Waals surface area contributed by atoms with Gasteiger partial charge < -0.3 is 57.3 Å². The van der Waals surface area contributed by atoms with E-state index in [-0.39, 0.29) is 0 Å². The lowest BCUT2D eigenvalue weighted by molar-refractivity contribution is 0.0435. The molecule has 14 nitrogen and oxygen atoms in total. The second-order valence-corrected chi connectivity index (χ2v) is 22.8. The molecule has 6 heterocycles. The highest BCUT2D eigenvalue weighted by Crippen LogP contribution is 2.41. The highest BCUT2D eigenvalue weighted by molar-refractivity contribution is 7.16. The molecule has 82 heavy (non-hydrogen) atoms. The zero-order valence-electron chi connectivity index (χ0n) is 47.2. The van der Waals surface area contributed by atoms with Crippen molar-refractivity contribution in [3.8, 4) is 38.1 Å². The molecule has 3 aliphatic heterocycles. The third-order valence-electron chi connectivity index (χ3n) is 14.2. The molecule has 5 aromatic carbocycles. The van der Waals surface area contributed by atoms with Crippen LogP contribution in [0.1, 0.15) is 37.6 Å². The zero-order chi connectivity index (χ0) is 56.3. The number of hydrogen-bond acceptors (Lipinski definition) is 17. The topological polar surface area (TPSA) is 119 Å². The van der Waals surface area contributed by atoms with Crippen LogP contribution in [0.4, 0.5) is 17.1 Å². The van der Waals surface area contributed by atoms with E-state index in [1.54, 1.807) is 29.8 Å². The van der Waals surface area contributed by atoms with Gasteiger partial charge in [-0.2, -0.15) is 8.75 Å². The van der Waals surface area contributed by atoms with Gasteiger partial charge in [0.25, 0.3) is 0 Å². The first-order valence-electron chi connectivity index (χ1n) is 28.1. The molecule has 0 saturated carbocycles. The third-order valence-corrected chi connectivity index (χ3v) is 16.9. The number of nitrogens with zero attached hydrogens (tertiary/aromatic N) is 5. The summed E-state index contributed by atoms with van der Waals surface area (Å²) in [4.78, 5) is 11.4. The van der Waals surface area contributed by atoms with Crippen molar-refractivity contribution in [3.05, 3.63) is 159 Å². The van der Waals surface area contributed by atoms with Gasteiger partial charge in [0.1, 0.15) is 48.1 Å². The quantitative estimate of drug-likeness (QED) is 0.0759. The van der Waals surface area contributed by atoms with Crippen LogP contribution in [0, 0.1) is 13.8 Å². The molecule has 0 spiro atoms. The Kier molecular flexibility index (Phi) is 21.5. The van der Waals surface area contributed by atoms with Crippen LogP contribution in [0.3, 0.4) is 0 Å². The summed E-state index contributed by atoms with van der Waals surface area (Å²) in [6, 6.07) is 40.4. The molecule has 11 rings (SSSR count). The van der Waals surface area contributed by atoms with Gasteiger partial charge in [0.05, 0.1) is 115 Å². The number of methoxy groups -OCH3 is 1. The number of thiophene rings is 2. The third kappa shape index (κ3) is 15.9. The minimum Gasteiger partial charge on any atom is -0.490 e. The smallest absolute Gasteiger partial charge is 0.143 e. The van der Waals surface area contributed by atoms with Crippen molar-refractivity contribution >= 4 is 80.7 Å². The molecule has 3 aromatic heterocycles. The van der Waals surface area contributed by atoms with Crippen LogP contribution in [-0.2, 0) is 41.6 Å². The first kappa shape index (κ1) is 58.6. The van der Waals surface area contributed by atoms with Gasteiger partial charge in [0.15, 0.2) is 0 Å². The first-order chi connectivity index (χ1) is 40.4. The number of fused-ring (bicyclic) bond motifs is 21. The van der Waals surface area contributed by atoms with E-state index in [0.717, 1.165) is 104 Å². The van der Waals surface area contributed by atoms with E-state index in [9.17, 15) is 0 Å². The molecule has 0 radical (unpaired) electrons. The second-order valence-electron chi connectivity index (χ2n) is 20.0. The van der Waals surface area contributed by atoms with Crippen molar-refractivity contribution in [1.29, 1.82) is 0 Å². The normalized spacial score (nSPS) is 15.7. The molecule has 8 aromatic rings. The average molecular weight is 1160 g/mol. The summed E-state index contributed by atoms with van der Waals surface area (Å²) in [6.45, 7) is 18.6. The minimum atomic E-state index is 0.380. The van der Waals surface area contributed by atoms with E-state index in [0.29, 0.717) is 132 Å². The molecular formula is C65H73N5O9S3. The molecular weight excluding hydrogens is 1090 g/mol. The van der Waals surface area contributed by atoms with Crippen molar-refractivity contribution in [2.45, 2.75) is 27.1 Å². The van der Waals surface area contributed by atoms with E-state index in [1.165, 1.54) is 11.7 Å². The Morgan fingerprint density at radius 1 is 0.524 bits per heavy atom. The van der Waals surface area contributed by atoms with Crippen LogP contribution in [0.15, 0.2) is 122 Å². The Morgan fingerprint density at radius 2 is 1.06 bits per heavy atom. The number of hydrogen-bond donors (Lipinski definition) is 0. The lowest BCUT2D eigenvalue weighted by Gasteiger charge is -2.30. The number of aryl methyl sites for hydroxylation is 2. The van der Waals surface area contributed by atoms with Gasteiger partial charge in [-0.3, -0.25) is 0 Å². The van der Waals surface area contributed by atoms with Crippen LogP contribution < -0.4 is 28.9 Å². The standard InChI is InChI=1S/C65H73N5O9S3/c1-5-49-8-10-51(11-9-49)45-76-46-53-16-23-63(81-53)55-18-17-54(64-65(55)67-82-66-64)62-22-15-52(80-62)14-12-50-13-21-58(61(44-50)79-41-36-71-4)70-28-34-77-59-42-47(2)6-19-56(59)68-24-30-72-37-39-74-32-26-69(27-33-75-40-38-73-31-25-68)57-20-7-48(3)43-60(57)78-35-29-70/h5-23,42-44H,1,24-41,45-46H2,2-4H3. The molecule has 3 aliphatic rings. The second kappa shape index (κ2) is 30.1. The maximum Gasteiger partial charge on any atom is 0.143 e. The Balaban J connectivity index is 0.891. The van der Waals surface area contributed by atoms with Gasteiger partial charge in [-0.05, 0) is 108 Å². The van der Waals surface area contributed by atoms with Gasteiger partial charge in [0, 0.05) is 63.9 Å². The molecule has 0 aliphatic carbocycles. The maximum atomic E-state index is 6.81. The summed E-state index contributed by atoms with van der Waals surface area (Å²) in [5, 5.41) is 0. The van der Waals surface area contributed by atoms with Crippen LogP contribution in [0.5, 0.6) is 17.2 Å². The Hall–Kier alpha value is -6.64. The fourth-order valence-corrected chi connectivity index (χ4v) is 12.3. The number of ether oxygens (including phenoxy) is 9. The minimum absolute atomic E-state index is 0.380. The number of benzene rings is 5. The molecule has 17 heteroatoms. The monoisotopic (exact) mass is 1160 g/mol. The lowest BCUT2D eigenvalue weighted by Crippen LogP contribution is -2.34. The molecule has 0 amide bonds. The van der Waals surface area contributed by atoms with Gasteiger partial charge in [-0.25, -0.2) is 0 Å². The maximum absolute atomic E-state index is 6.81. The van der Waals surface area contributed by atoms with E-state index < -0.39 is 0 Å². The van der Waals surface area contributed by atoms with Gasteiger partial charge >= 0.3 is 0 Å². The number of aromatic nitrogens is 2. The number of anilines is 3. The van der Waals surface area contributed by atoms with Crippen LogP contribution in [-0.4, -0.2) is 134 Å². The summed E-state index contributed by atoms with van der Waals surface area (Å²) in [5.41, 5.74) is 12.3. The fraction of sp³-hybridized carbons (Fsp3) is 0.354. The van der Waals surface area contributed by atoms with Crippen molar-refractivity contribution in [1.82, 2.24) is 8.75 Å². The lowest BCUT2D eigenvalue weighted by atomic mass is 10.1. The molecule has 1 fully saturated rings. The number of rotatable bonds is 14. The predicted octanol–water partition coefficient (Wildman–Crippen LogP) is 13.0. The van der Waals surface area contributed by atoms with Gasteiger partial charge in [0.2, 0.25) is 0 Å². The average Bonchev–Trinajstić information content (AvgIpc) is 4.35. The summed E-state index contributed by atoms with van der Waals surface area (Å²) in [6.07, 6.45) is 6.15. The van der Waals surface area contributed by atoms with Crippen molar-refractivity contribution in [3.63, 3.8) is 0 Å². The highest BCUT2D eigenvalue weighted by Gasteiger charge is 2.21. The van der Waals surface area contributed by atoms with E-state index >= 15 is 0 Å². The molecule has 1 saturated heterocycles. The Morgan fingerprint density at radius 3 is 1.65 bits per heavy atom. The first-order valence-corrected chi connectivity index (χ1v) is 30.5. The van der Waals surface area contributed by atoms with Crippen LogP contribution in [0.2, 0.25) is 0 Å². The van der Waals surface area contributed by atoms with Crippen LogP contribution in [0.25, 0.3) is 50.1 Å². The van der Waals surface area contributed by atoms with Crippen LogP contribution >= 0.6 is 34.4 Å². The van der Waals surface area contributed by atoms with Crippen molar-refractivity contribution in [2.75, 3.05) is 140 Å². The summed E-state index contributed by atoms with van der Waals surface area (Å²) in [5.74, 6) is 2.35. The highest BCUT2D eigenvalue weighted by atomic mass is 32.1. The van der Waals surface area contributed by atoms with Crippen molar-refractivity contribution in [2.24, 2.45) is 0 Å². The molecule has 0 atom stereocenters. The summed E-state index contributed by atoms with van der Waals surface area (Å²) in [7, 11) is 1.69. The molecule has 430 valence electrons. The zero-order valence-corrected chi connectivity index (χ0v) is 49.6. The van der Waals surface area contributed by atoms with Gasteiger partial charge in [-0.15, -0.1) is 22.7 Å². The predicted molar refractivity (Wildman–Crippen MR) is 335 cm³/mol. The molecule has 0 unspecified atom stereocenters. The Bertz CT molecular complexity index is 3240. The summed E-state index contributed by atoms with van der Waals surface area (Å²) < 4.78 is 66.0. The Labute approximate surface area is 494 Å². The van der Waals surface area contributed by atoms with Gasteiger partial charge in [-0.1, -0.05) is 73.3 Å². The molecule has 0 N–H and O–H groups in total. The van der Waals surface area contributed by atoms with E-state index in [1.807, 2.05) is 6.08 Å². The van der Waals surface area contributed by atoms with E-state index in [4.69, 9.17) is 51.4 Å². The molecule has 2 bridgehead atoms. The fourth-order valence-electron chi connectivity index (χ4n) is 9.82. The van der Waals surface area contributed by atoms with E-state index in [2.05, 4.69) is 163 Å². The summed E-state index contributed by atoms with van der Waals surface area (Å²) >= 11 is 4.70. The SMILES string of the molecule is C=Cc1ccc(COCc2ccc(-c3ccc(-c4ccc(C=Cc5ccc(N6CCOc7cc(C)ccc7N7CCOCCOCCN(CCOCCOCC7)c7ccc(C)cc7OCC6)c(OCCOC)c5)s4)c4nsnc34)s2)cc1.